The van der Waals surface area contributed by atoms with Crippen LogP contribution in [-0.2, 0) is 5.41 Å². The normalized spacial score (nSPS) is 12.1. The van der Waals surface area contributed by atoms with Gasteiger partial charge in [0.15, 0.2) is 0 Å². The average molecular weight is 243 g/mol. The van der Waals surface area contributed by atoms with Gasteiger partial charge in [-0.25, -0.2) is 0 Å². The Balaban J connectivity index is 3.15. The third-order valence-corrected chi connectivity index (χ3v) is 3.18. The summed E-state index contributed by atoms with van der Waals surface area (Å²) in [6.45, 7) is 3.95. The van der Waals surface area contributed by atoms with Crippen molar-refractivity contribution in [1.29, 1.82) is 0 Å². The molecule has 0 amide bonds. The van der Waals surface area contributed by atoms with E-state index in [0.717, 1.165) is 5.56 Å². The van der Waals surface area contributed by atoms with Gasteiger partial charge in [-0.15, -0.1) is 0 Å². The Morgan fingerprint density at radius 3 is 2.19 bits per heavy atom. The minimum atomic E-state index is -0.632. The highest BCUT2D eigenvalue weighted by molar-refractivity contribution is 6.31. The molecule has 0 aliphatic carbocycles. The van der Waals surface area contributed by atoms with Crippen LogP contribution in [0.5, 0.6) is 0 Å². The maximum absolute atomic E-state index is 9.58. The lowest BCUT2D eigenvalue weighted by molar-refractivity contribution is 0.0991. The van der Waals surface area contributed by atoms with Crippen molar-refractivity contribution < 1.29 is 10.2 Å². The first-order chi connectivity index (χ1) is 7.55. The molecule has 0 fully saturated rings. The first kappa shape index (κ1) is 13.5. The molecule has 0 aromatic heterocycles. The largest absolute Gasteiger partial charge is 0.395 e. The summed E-state index contributed by atoms with van der Waals surface area (Å²) >= 11 is 6.13. The number of aliphatic hydroxyl groups is 2. The van der Waals surface area contributed by atoms with Gasteiger partial charge in [-0.05, 0) is 24.0 Å². The standard InChI is InChI=1S/C13H19ClO2/c1-10(2)7-13(8-15,9-16)11-5-3-4-6-12(11)14/h3-6,10,15-16H,7-9H2,1-2H3. The van der Waals surface area contributed by atoms with E-state index in [1.54, 1.807) is 6.07 Å². The summed E-state index contributed by atoms with van der Waals surface area (Å²) < 4.78 is 0. The van der Waals surface area contributed by atoms with Crippen LogP contribution in [0.25, 0.3) is 0 Å². The maximum atomic E-state index is 9.58. The molecule has 0 aliphatic rings. The van der Waals surface area contributed by atoms with E-state index in [0.29, 0.717) is 17.4 Å². The van der Waals surface area contributed by atoms with Gasteiger partial charge in [-0.1, -0.05) is 43.6 Å². The molecule has 0 saturated heterocycles. The smallest absolute Gasteiger partial charge is 0.0550 e. The molecule has 0 heterocycles. The van der Waals surface area contributed by atoms with Gasteiger partial charge >= 0.3 is 0 Å². The predicted molar refractivity (Wildman–Crippen MR) is 66.8 cm³/mol. The van der Waals surface area contributed by atoms with Crippen molar-refractivity contribution >= 4 is 11.6 Å². The van der Waals surface area contributed by atoms with Crippen LogP contribution in [0, 0.1) is 5.92 Å². The van der Waals surface area contributed by atoms with Crippen molar-refractivity contribution in [2.75, 3.05) is 13.2 Å². The van der Waals surface area contributed by atoms with Gasteiger partial charge in [0.2, 0.25) is 0 Å². The molecule has 0 unspecified atom stereocenters. The van der Waals surface area contributed by atoms with Gasteiger partial charge < -0.3 is 10.2 Å². The van der Waals surface area contributed by atoms with Crippen molar-refractivity contribution in [2.24, 2.45) is 5.92 Å². The highest BCUT2D eigenvalue weighted by Gasteiger charge is 2.33. The second-order valence-electron chi connectivity index (χ2n) is 4.67. The van der Waals surface area contributed by atoms with Gasteiger partial charge in [0.05, 0.1) is 13.2 Å². The molecule has 1 rings (SSSR count). The van der Waals surface area contributed by atoms with E-state index in [4.69, 9.17) is 11.6 Å². The Kier molecular flexibility index (Phi) is 4.78. The van der Waals surface area contributed by atoms with Crippen molar-refractivity contribution in [2.45, 2.75) is 25.7 Å². The quantitative estimate of drug-likeness (QED) is 0.833. The van der Waals surface area contributed by atoms with Crippen LogP contribution in [0.4, 0.5) is 0 Å². The van der Waals surface area contributed by atoms with E-state index in [1.165, 1.54) is 0 Å². The molecule has 90 valence electrons. The molecule has 16 heavy (non-hydrogen) atoms. The van der Waals surface area contributed by atoms with Gasteiger partial charge in [0, 0.05) is 10.4 Å². The third kappa shape index (κ3) is 2.76. The van der Waals surface area contributed by atoms with E-state index in [9.17, 15) is 10.2 Å². The van der Waals surface area contributed by atoms with Crippen LogP contribution in [-0.4, -0.2) is 23.4 Å². The average Bonchev–Trinajstić information content (AvgIpc) is 2.26. The zero-order chi connectivity index (χ0) is 12.2. The Hall–Kier alpha value is -0.570. The molecule has 1 aromatic rings. The third-order valence-electron chi connectivity index (χ3n) is 2.85. The van der Waals surface area contributed by atoms with Crippen LogP contribution in [0.3, 0.4) is 0 Å². The van der Waals surface area contributed by atoms with Crippen molar-refractivity contribution in [3.8, 4) is 0 Å². The Bertz CT molecular complexity index is 332. The fraction of sp³-hybridized carbons (Fsp3) is 0.538. The SMILES string of the molecule is CC(C)CC(CO)(CO)c1ccccc1Cl. The van der Waals surface area contributed by atoms with E-state index >= 15 is 0 Å². The van der Waals surface area contributed by atoms with Crippen molar-refractivity contribution in [1.82, 2.24) is 0 Å². The summed E-state index contributed by atoms with van der Waals surface area (Å²) in [5.74, 6) is 0.385. The number of hydrogen-bond acceptors (Lipinski definition) is 2. The molecule has 0 bridgehead atoms. The summed E-state index contributed by atoms with van der Waals surface area (Å²) in [6.07, 6.45) is 0.712. The van der Waals surface area contributed by atoms with Crippen LogP contribution in [0.1, 0.15) is 25.8 Å². The van der Waals surface area contributed by atoms with E-state index in [1.807, 2.05) is 18.2 Å². The zero-order valence-corrected chi connectivity index (χ0v) is 10.5. The number of aliphatic hydroxyl groups excluding tert-OH is 2. The maximum Gasteiger partial charge on any atom is 0.0550 e. The van der Waals surface area contributed by atoms with Crippen LogP contribution < -0.4 is 0 Å². The van der Waals surface area contributed by atoms with E-state index in [-0.39, 0.29) is 13.2 Å². The first-order valence-corrected chi connectivity index (χ1v) is 5.90. The minimum absolute atomic E-state index is 0.0919. The number of benzene rings is 1. The molecular weight excluding hydrogens is 224 g/mol. The Morgan fingerprint density at radius 2 is 1.75 bits per heavy atom. The molecule has 0 saturated carbocycles. The number of rotatable bonds is 5. The molecule has 0 aliphatic heterocycles. The van der Waals surface area contributed by atoms with Crippen molar-refractivity contribution in [3.63, 3.8) is 0 Å². The summed E-state index contributed by atoms with van der Waals surface area (Å²) in [4.78, 5) is 0. The summed E-state index contributed by atoms with van der Waals surface area (Å²) in [5, 5.41) is 19.8. The van der Waals surface area contributed by atoms with Gasteiger partial charge in [-0.2, -0.15) is 0 Å². The topological polar surface area (TPSA) is 40.5 Å². The fourth-order valence-electron chi connectivity index (χ4n) is 2.13. The molecule has 0 spiro atoms. The van der Waals surface area contributed by atoms with Crippen LogP contribution in [0.2, 0.25) is 5.02 Å². The van der Waals surface area contributed by atoms with E-state index in [2.05, 4.69) is 13.8 Å². The van der Waals surface area contributed by atoms with Crippen LogP contribution >= 0.6 is 11.6 Å². The summed E-state index contributed by atoms with van der Waals surface area (Å²) in [7, 11) is 0. The summed E-state index contributed by atoms with van der Waals surface area (Å²) in [5.41, 5.74) is 0.197. The lowest BCUT2D eigenvalue weighted by Gasteiger charge is -2.32. The second-order valence-corrected chi connectivity index (χ2v) is 5.08. The van der Waals surface area contributed by atoms with Crippen molar-refractivity contribution in [3.05, 3.63) is 34.9 Å². The lowest BCUT2D eigenvalue weighted by atomic mass is 9.75. The first-order valence-electron chi connectivity index (χ1n) is 5.52. The molecule has 2 nitrogen and oxygen atoms in total. The molecule has 0 atom stereocenters. The molecule has 1 aromatic carbocycles. The van der Waals surface area contributed by atoms with Gasteiger partial charge in [0.1, 0.15) is 0 Å². The fourth-order valence-corrected chi connectivity index (χ4v) is 2.47. The molecule has 3 heteroatoms. The second kappa shape index (κ2) is 5.67. The highest BCUT2D eigenvalue weighted by Crippen LogP contribution is 2.35. The van der Waals surface area contributed by atoms with E-state index < -0.39 is 5.41 Å². The Morgan fingerprint density at radius 1 is 1.19 bits per heavy atom. The van der Waals surface area contributed by atoms with Crippen LogP contribution in [0.15, 0.2) is 24.3 Å². The minimum Gasteiger partial charge on any atom is -0.395 e. The molecule has 2 N–H and O–H groups in total. The van der Waals surface area contributed by atoms with Gasteiger partial charge in [-0.3, -0.25) is 0 Å². The zero-order valence-electron chi connectivity index (χ0n) is 9.78. The Labute approximate surface area is 102 Å². The number of halogens is 1. The summed E-state index contributed by atoms with van der Waals surface area (Å²) in [6, 6.07) is 7.39. The molecular formula is C13H19ClO2. The molecule has 0 radical (unpaired) electrons. The lowest BCUT2D eigenvalue weighted by Crippen LogP contribution is -2.36. The predicted octanol–water partition coefficient (Wildman–Crippen LogP) is 2.61. The monoisotopic (exact) mass is 242 g/mol. The highest BCUT2D eigenvalue weighted by atomic mass is 35.5. The number of hydrogen-bond donors (Lipinski definition) is 2. The van der Waals surface area contributed by atoms with Gasteiger partial charge in [0.25, 0.3) is 0 Å².